The van der Waals surface area contributed by atoms with E-state index in [1.165, 1.54) is 19.4 Å². The monoisotopic (exact) mass is 595 g/mol. The summed E-state index contributed by atoms with van der Waals surface area (Å²) in [7, 11) is 4.28. The van der Waals surface area contributed by atoms with Gasteiger partial charge in [0.05, 0.1) is 36.7 Å². The van der Waals surface area contributed by atoms with Crippen molar-refractivity contribution in [2.75, 3.05) is 50.0 Å². The molecule has 42 heavy (non-hydrogen) atoms. The summed E-state index contributed by atoms with van der Waals surface area (Å²) < 4.78 is 91.7. The highest BCUT2D eigenvalue weighted by atomic mass is 19.4. The smallest absolute Gasteiger partial charge is 0.420 e. The number of aromatic nitrogens is 4. The molecule has 2 N–H and O–H groups in total. The molecule has 2 aromatic carbocycles. The number of hydrogen-bond donors (Lipinski definition) is 2. The van der Waals surface area contributed by atoms with Crippen LogP contribution >= 0.6 is 0 Å². The molecule has 16 heteroatoms. The Morgan fingerprint density at radius 2 is 1.69 bits per heavy atom. The third kappa shape index (κ3) is 6.76. The lowest BCUT2D eigenvalue weighted by Gasteiger charge is -2.18. The van der Waals surface area contributed by atoms with Crippen LogP contribution in [0.5, 0.6) is 5.75 Å². The molecule has 4 aromatic rings. The second-order valence-electron chi connectivity index (χ2n) is 8.79. The summed E-state index contributed by atoms with van der Waals surface area (Å²) in [5.74, 6) is -1.28. The van der Waals surface area contributed by atoms with E-state index in [-0.39, 0.29) is 34.1 Å². The lowest BCUT2D eigenvalue weighted by molar-refractivity contribution is -0.139. The molecule has 4 rings (SSSR count). The van der Waals surface area contributed by atoms with Crippen LogP contribution in [0.15, 0.2) is 48.9 Å². The number of carbonyl (C=O) groups excluding carboxylic acids is 1. The number of nitrogens with one attached hydrogen (secondary N) is 2. The fourth-order valence-electron chi connectivity index (χ4n) is 3.82. The zero-order valence-corrected chi connectivity index (χ0v) is 22.3. The topological polar surface area (TPSA) is 114 Å². The zero-order chi connectivity index (χ0) is 30.7. The van der Waals surface area contributed by atoms with Gasteiger partial charge in [0.15, 0.2) is 5.82 Å². The summed E-state index contributed by atoms with van der Waals surface area (Å²) in [5, 5.41) is 4.86. The highest BCUT2D eigenvalue weighted by Gasteiger charge is 2.36. The van der Waals surface area contributed by atoms with Crippen molar-refractivity contribution < 1.29 is 40.6 Å². The molecule has 0 saturated carbocycles. The number of fused-ring (bicyclic) bond motifs is 1. The van der Waals surface area contributed by atoms with Gasteiger partial charge in [0.1, 0.15) is 23.1 Å². The summed E-state index contributed by atoms with van der Waals surface area (Å²) in [4.78, 5) is 31.3. The van der Waals surface area contributed by atoms with Crippen LogP contribution < -0.4 is 20.3 Å². The molecular weight excluding hydrogens is 572 g/mol. The molecule has 0 fully saturated rings. The Hall–Kier alpha value is -4.73. The van der Waals surface area contributed by atoms with Crippen molar-refractivity contribution in [3.05, 3.63) is 65.6 Å². The van der Waals surface area contributed by atoms with Crippen molar-refractivity contribution in [3.8, 4) is 5.75 Å². The van der Waals surface area contributed by atoms with Crippen molar-refractivity contribution in [1.29, 1.82) is 0 Å². The Kier molecular flexibility index (Phi) is 8.65. The Balaban J connectivity index is 1.70. The Morgan fingerprint density at radius 3 is 2.36 bits per heavy atom. The van der Waals surface area contributed by atoms with Crippen LogP contribution in [0.1, 0.15) is 21.5 Å². The number of ether oxygens (including phenoxy) is 2. The van der Waals surface area contributed by atoms with Crippen LogP contribution in [-0.2, 0) is 17.1 Å². The molecule has 10 nitrogen and oxygen atoms in total. The normalized spacial score (nSPS) is 11.8. The molecule has 222 valence electrons. The maximum absolute atomic E-state index is 13.9. The van der Waals surface area contributed by atoms with Crippen molar-refractivity contribution >= 4 is 40.1 Å². The van der Waals surface area contributed by atoms with Crippen LogP contribution in [0.4, 0.5) is 49.5 Å². The number of benzene rings is 2. The van der Waals surface area contributed by atoms with E-state index in [0.29, 0.717) is 25.3 Å². The van der Waals surface area contributed by atoms with Gasteiger partial charge in [0, 0.05) is 32.0 Å². The average Bonchev–Trinajstić information content (AvgIpc) is 2.94. The molecule has 0 atom stereocenters. The van der Waals surface area contributed by atoms with Gasteiger partial charge >= 0.3 is 12.4 Å². The zero-order valence-electron chi connectivity index (χ0n) is 22.3. The van der Waals surface area contributed by atoms with Crippen molar-refractivity contribution in [3.63, 3.8) is 0 Å². The van der Waals surface area contributed by atoms with Crippen LogP contribution in [0.3, 0.4) is 0 Å². The summed E-state index contributed by atoms with van der Waals surface area (Å²) in [6.07, 6.45) is -7.13. The lowest BCUT2D eigenvalue weighted by Crippen LogP contribution is -2.24. The number of amides is 1. The number of carbonyl (C=O) groups is 1. The van der Waals surface area contributed by atoms with Gasteiger partial charge in [-0.1, -0.05) is 0 Å². The largest absolute Gasteiger partial charge is 0.496 e. The predicted octanol–water partition coefficient (Wildman–Crippen LogP) is 5.54. The number of likely N-dealkylation sites (N-methyl/N-ethyl adjacent to an activating group) is 1. The number of halogens is 6. The van der Waals surface area contributed by atoms with E-state index in [1.54, 1.807) is 11.9 Å². The molecule has 2 heterocycles. The first-order valence-electron chi connectivity index (χ1n) is 12.0. The molecule has 0 saturated heterocycles. The molecule has 0 aliphatic heterocycles. The van der Waals surface area contributed by atoms with E-state index in [0.717, 1.165) is 31.6 Å². The SMILES string of the molecule is COCCN(C)c1ncc2ncnc(Nc3cc(C(=O)Nc4ccc(OC)c(C(F)(F)F)c4)ccc3C(F)(F)F)c2n1. The van der Waals surface area contributed by atoms with Crippen molar-refractivity contribution in [1.82, 2.24) is 19.9 Å². The fourth-order valence-corrected chi connectivity index (χ4v) is 3.82. The van der Waals surface area contributed by atoms with Gasteiger partial charge in [-0.25, -0.2) is 19.9 Å². The van der Waals surface area contributed by atoms with E-state index in [9.17, 15) is 31.1 Å². The highest BCUT2D eigenvalue weighted by Crippen LogP contribution is 2.39. The first kappa shape index (κ1) is 30.2. The summed E-state index contributed by atoms with van der Waals surface area (Å²) >= 11 is 0. The van der Waals surface area contributed by atoms with Gasteiger partial charge in [0.2, 0.25) is 5.95 Å². The van der Waals surface area contributed by atoms with E-state index in [2.05, 4.69) is 30.6 Å². The van der Waals surface area contributed by atoms with Crippen LogP contribution in [0, 0.1) is 0 Å². The van der Waals surface area contributed by atoms with Gasteiger partial charge < -0.3 is 25.0 Å². The molecule has 0 aliphatic carbocycles. The van der Waals surface area contributed by atoms with E-state index in [1.807, 2.05) is 0 Å². The molecule has 0 radical (unpaired) electrons. The lowest BCUT2D eigenvalue weighted by atomic mass is 10.1. The molecule has 0 aliphatic rings. The van der Waals surface area contributed by atoms with E-state index >= 15 is 0 Å². The Bertz CT molecular complexity index is 1600. The standard InChI is InChI=1S/C26H23F6N7O3/c1-39(8-9-41-2)24-33-12-19-21(38-24)22(35-13-34-19)37-18-10-14(4-6-16(18)25(27,28)29)23(40)36-15-5-7-20(42-3)17(11-15)26(30,31)32/h4-7,10-13H,8-9H2,1-3H3,(H,36,40)(H,34,35,37). The van der Waals surface area contributed by atoms with Crippen molar-refractivity contribution in [2.24, 2.45) is 0 Å². The molecule has 0 unspecified atom stereocenters. The van der Waals surface area contributed by atoms with E-state index in [4.69, 9.17) is 9.47 Å². The maximum Gasteiger partial charge on any atom is 0.420 e. The highest BCUT2D eigenvalue weighted by molar-refractivity contribution is 6.05. The third-order valence-corrected chi connectivity index (χ3v) is 5.94. The minimum absolute atomic E-state index is 0.100. The third-order valence-electron chi connectivity index (χ3n) is 5.94. The van der Waals surface area contributed by atoms with Crippen molar-refractivity contribution in [2.45, 2.75) is 12.4 Å². The fraction of sp³-hybridized carbons (Fsp3) is 0.269. The molecule has 2 aromatic heterocycles. The van der Waals surface area contributed by atoms with Crippen LogP contribution in [0.25, 0.3) is 11.0 Å². The number of rotatable bonds is 9. The summed E-state index contributed by atoms with van der Waals surface area (Å²) in [6, 6.07) is 5.33. The number of methoxy groups -OCH3 is 2. The second-order valence-corrected chi connectivity index (χ2v) is 8.79. The average molecular weight is 596 g/mol. The minimum Gasteiger partial charge on any atom is -0.496 e. The molecular formula is C26H23F6N7O3. The summed E-state index contributed by atoms with van der Waals surface area (Å²) in [5.41, 5.74) is -2.99. The van der Waals surface area contributed by atoms with Gasteiger partial charge in [-0.2, -0.15) is 26.3 Å². The van der Waals surface area contributed by atoms with Gasteiger partial charge in [-0.15, -0.1) is 0 Å². The Morgan fingerprint density at radius 1 is 0.952 bits per heavy atom. The molecule has 0 spiro atoms. The second kappa shape index (κ2) is 12.0. The molecule has 1 amide bonds. The Labute approximate surface area is 234 Å². The first-order chi connectivity index (χ1) is 19.8. The van der Waals surface area contributed by atoms with Gasteiger partial charge in [-0.3, -0.25) is 4.79 Å². The van der Waals surface area contributed by atoms with Crippen LogP contribution in [-0.4, -0.2) is 60.3 Å². The first-order valence-corrected chi connectivity index (χ1v) is 12.0. The minimum atomic E-state index is -4.84. The summed E-state index contributed by atoms with van der Waals surface area (Å²) in [6.45, 7) is 0.790. The molecule has 0 bridgehead atoms. The van der Waals surface area contributed by atoms with Gasteiger partial charge in [0.25, 0.3) is 5.91 Å². The number of hydrogen-bond acceptors (Lipinski definition) is 9. The van der Waals surface area contributed by atoms with Crippen LogP contribution in [0.2, 0.25) is 0 Å². The number of anilines is 4. The predicted molar refractivity (Wildman–Crippen MR) is 141 cm³/mol. The number of nitrogens with zero attached hydrogens (tertiary/aromatic N) is 5. The van der Waals surface area contributed by atoms with E-state index < -0.39 is 40.8 Å². The maximum atomic E-state index is 13.9. The number of alkyl halides is 6. The van der Waals surface area contributed by atoms with Gasteiger partial charge in [-0.05, 0) is 36.4 Å². The quantitative estimate of drug-likeness (QED) is 0.241.